The topological polar surface area (TPSA) is 41.4 Å². The summed E-state index contributed by atoms with van der Waals surface area (Å²) in [7, 11) is 0. The number of nitrogens with zero attached hydrogens (tertiary/aromatic N) is 4. The number of hydrogen-bond donors (Lipinski definition) is 0. The minimum absolute atomic E-state index is 0.146. The van der Waals surface area contributed by atoms with Crippen molar-refractivity contribution in [3.8, 4) is 0 Å². The molecular formula is C16H26N4OS. The van der Waals surface area contributed by atoms with E-state index in [9.17, 15) is 4.79 Å². The van der Waals surface area contributed by atoms with E-state index in [-0.39, 0.29) is 11.9 Å². The van der Waals surface area contributed by atoms with Crippen LogP contribution < -0.4 is 0 Å². The van der Waals surface area contributed by atoms with Gasteiger partial charge in [0.1, 0.15) is 6.04 Å². The molecule has 2 aliphatic rings. The zero-order valence-electron chi connectivity index (χ0n) is 13.4. The van der Waals surface area contributed by atoms with Crippen LogP contribution in [0, 0.1) is 0 Å². The van der Waals surface area contributed by atoms with Gasteiger partial charge < -0.3 is 4.90 Å². The van der Waals surface area contributed by atoms with Gasteiger partial charge in [0.15, 0.2) is 0 Å². The van der Waals surface area contributed by atoms with E-state index in [1.807, 2.05) is 17.2 Å². The van der Waals surface area contributed by atoms with E-state index in [0.29, 0.717) is 0 Å². The summed E-state index contributed by atoms with van der Waals surface area (Å²) in [5, 5.41) is 4.25. The van der Waals surface area contributed by atoms with Gasteiger partial charge >= 0.3 is 0 Å². The Balaban J connectivity index is 1.55. The van der Waals surface area contributed by atoms with Crippen LogP contribution in [0.25, 0.3) is 0 Å². The molecule has 1 amide bonds. The van der Waals surface area contributed by atoms with Gasteiger partial charge in [0.25, 0.3) is 0 Å². The minimum atomic E-state index is -0.146. The molecule has 1 aromatic heterocycles. The van der Waals surface area contributed by atoms with Gasteiger partial charge in [-0.3, -0.25) is 14.4 Å². The molecule has 5 nitrogen and oxygen atoms in total. The van der Waals surface area contributed by atoms with Gasteiger partial charge in [-0.2, -0.15) is 16.9 Å². The first kappa shape index (κ1) is 15.9. The number of carbonyl (C=O) groups is 1. The van der Waals surface area contributed by atoms with E-state index >= 15 is 0 Å². The monoisotopic (exact) mass is 322 g/mol. The summed E-state index contributed by atoms with van der Waals surface area (Å²) in [6.07, 6.45) is 7.05. The fourth-order valence-corrected chi connectivity index (χ4v) is 4.59. The quantitative estimate of drug-likeness (QED) is 0.849. The molecule has 0 aliphatic carbocycles. The SMILES string of the molecule is CC[C@@H](C(=O)N1CCN(C2CCSCC2)CC1)n1cccn1. The second kappa shape index (κ2) is 7.51. The number of rotatable bonds is 4. The molecule has 2 aliphatic heterocycles. The van der Waals surface area contributed by atoms with E-state index in [1.165, 1.54) is 24.3 Å². The summed E-state index contributed by atoms with van der Waals surface area (Å²) in [5.41, 5.74) is 0. The fourth-order valence-electron chi connectivity index (χ4n) is 3.51. The number of thioether (sulfide) groups is 1. The van der Waals surface area contributed by atoms with Crippen molar-refractivity contribution in [1.29, 1.82) is 0 Å². The zero-order chi connectivity index (χ0) is 15.4. The smallest absolute Gasteiger partial charge is 0.247 e. The lowest BCUT2D eigenvalue weighted by atomic mass is 10.1. The molecule has 0 saturated carbocycles. The number of hydrogen-bond acceptors (Lipinski definition) is 4. The summed E-state index contributed by atoms with van der Waals surface area (Å²) < 4.78 is 1.80. The van der Waals surface area contributed by atoms with Crippen molar-refractivity contribution in [2.24, 2.45) is 0 Å². The fraction of sp³-hybridized carbons (Fsp3) is 0.750. The summed E-state index contributed by atoms with van der Waals surface area (Å²) in [6.45, 7) is 5.83. The molecule has 0 spiro atoms. The highest BCUT2D eigenvalue weighted by Gasteiger charge is 2.30. The average Bonchev–Trinajstić information content (AvgIpc) is 3.11. The molecule has 0 N–H and O–H groups in total. The second-order valence-electron chi connectivity index (χ2n) is 6.11. The van der Waals surface area contributed by atoms with Crippen molar-refractivity contribution in [2.45, 2.75) is 38.3 Å². The van der Waals surface area contributed by atoms with E-state index < -0.39 is 0 Å². The Morgan fingerprint density at radius 2 is 2.00 bits per heavy atom. The third kappa shape index (κ3) is 3.49. The van der Waals surface area contributed by atoms with Crippen LogP contribution in [-0.2, 0) is 4.79 Å². The van der Waals surface area contributed by atoms with Gasteiger partial charge in [-0.1, -0.05) is 6.92 Å². The molecule has 6 heteroatoms. The number of carbonyl (C=O) groups excluding carboxylic acids is 1. The molecule has 2 fully saturated rings. The van der Waals surface area contributed by atoms with Gasteiger partial charge in [-0.25, -0.2) is 0 Å². The Hall–Kier alpha value is -1.01. The van der Waals surface area contributed by atoms with Crippen molar-refractivity contribution in [2.75, 3.05) is 37.7 Å². The molecule has 1 aromatic rings. The predicted octanol–water partition coefficient (Wildman–Crippen LogP) is 1.87. The van der Waals surface area contributed by atoms with Crippen molar-refractivity contribution in [3.05, 3.63) is 18.5 Å². The van der Waals surface area contributed by atoms with Crippen LogP contribution >= 0.6 is 11.8 Å². The normalized spacial score (nSPS) is 22.7. The third-order valence-electron chi connectivity index (χ3n) is 4.85. The second-order valence-corrected chi connectivity index (χ2v) is 7.34. The molecule has 3 heterocycles. The molecular weight excluding hydrogens is 296 g/mol. The molecule has 22 heavy (non-hydrogen) atoms. The van der Waals surface area contributed by atoms with Gasteiger partial charge in [0.2, 0.25) is 5.91 Å². The van der Waals surface area contributed by atoms with Crippen molar-refractivity contribution in [3.63, 3.8) is 0 Å². The van der Waals surface area contributed by atoms with Crippen LogP contribution in [0.15, 0.2) is 18.5 Å². The minimum Gasteiger partial charge on any atom is -0.338 e. The number of amides is 1. The maximum atomic E-state index is 12.8. The number of piperazine rings is 1. The maximum absolute atomic E-state index is 12.8. The Labute approximate surface area is 137 Å². The lowest BCUT2D eigenvalue weighted by Crippen LogP contribution is -2.53. The maximum Gasteiger partial charge on any atom is 0.247 e. The molecule has 1 atom stereocenters. The van der Waals surface area contributed by atoms with Crippen LogP contribution in [0.5, 0.6) is 0 Å². The molecule has 0 unspecified atom stereocenters. The summed E-state index contributed by atoms with van der Waals surface area (Å²) in [6, 6.07) is 2.48. The first-order valence-corrected chi connectivity index (χ1v) is 9.54. The van der Waals surface area contributed by atoms with Crippen molar-refractivity contribution >= 4 is 17.7 Å². The highest BCUT2D eigenvalue weighted by Crippen LogP contribution is 2.23. The Morgan fingerprint density at radius 3 is 2.59 bits per heavy atom. The lowest BCUT2D eigenvalue weighted by molar-refractivity contribution is -0.137. The van der Waals surface area contributed by atoms with Gasteiger partial charge in [0.05, 0.1) is 0 Å². The highest BCUT2D eigenvalue weighted by molar-refractivity contribution is 7.99. The summed E-state index contributed by atoms with van der Waals surface area (Å²) in [5.74, 6) is 2.81. The summed E-state index contributed by atoms with van der Waals surface area (Å²) >= 11 is 2.07. The van der Waals surface area contributed by atoms with Crippen molar-refractivity contribution < 1.29 is 4.79 Å². The van der Waals surface area contributed by atoms with Crippen LogP contribution in [0.4, 0.5) is 0 Å². The molecule has 3 rings (SSSR count). The standard InChI is InChI=1S/C16H26N4OS/c1-2-15(20-7-3-6-17-20)16(21)19-10-8-18(9-11-19)14-4-12-22-13-5-14/h3,6-7,14-15H,2,4-5,8-13H2,1H3/t15-/m0/s1. The Kier molecular flexibility index (Phi) is 5.41. The van der Waals surface area contributed by atoms with E-state index in [4.69, 9.17) is 0 Å². The van der Waals surface area contributed by atoms with Gasteiger partial charge in [-0.05, 0) is 36.8 Å². The first-order valence-electron chi connectivity index (χ1n) is 8.39. The van der Waals surface area contributed by atoms with E-state index in [2.05, 4.69) is 28.7 Å². The molecule has 0 radical (unpaired) electrons. The first-order chi connectivity index (χ1) is 10.8. The number of aromatic nitrogens is 2. The van der Waals surface area contributed by atoms with Crippen LogP contribution in [-0.4, -0.2) is 69.2 Å². The Morgan fingerprint density at radius 1 is 1.27 bits per heavy atom. The van der Waals surface area contributed by atoms with Crippen molar-refractivity contribution in [1.82, 2.24) is 19.6 Å². The van der Waals surface area contributed by atoms with E-state index in [1.54, 1.807) is 10.9 Å². The third-order valence-corrected chi connectivity index (χ3v) is 5.90. The van der Waals surface area contributed by atoms with Crippen LogP contribution in [0.1, 0.15) is 32.2 Å². The van der Waals surface area contributed by atoms with E-state index in [0.717, 1.165) is 38.6 Å². The molecule has 0 aromatic carbocycles. The lowest BCUT2D eigenvalue weighted by Gasteiger charge is -2.41. The average molecular weight is 322 g/mol. The molecule has 2 saturated heterocycles. The van der Waals surface area contributed by atoms with Gasteiger partial charge in [0, 0.05) is 44.6 Å². The predicted molar refractivity (Wildman–Crippen MR) is 90.1 cm³/mol. The molecule has 0 bridgehead atoms. The largest absolute Gasteiger partial charge is 0.338 e. The zero-order valence-corrected chi connectivity index (χ0v) is 14.2. The van der Waals surface area contributed by atoms with Gasteiger partial charge in [-0.15, -0.1) is 0 Å². The van der Waals surface area contributed by atoms with Crippen LogP contribution in [0.3, 0.4) is 0 Å². The van der Waals surface area contributed by atoms with Crippen LogP contribution in [0.2, 0.25) is 0 Å². The Bertz CT molecular complexity index is 465. The molecule has 122 valence electrons. The highest BCUT2D eigenvalue weighted by atomic mass is 32.2. The summed E-state index contributed by atoms with van der Waals surface area (Å²) in [4.78, 5) is 17.4.